The molecule has 1 aromatic rings. The molecular weight excluding hydrogens is 228 g/mol. The first kappa shape index (κ1) is 10.0. The normalized spacial score (nSPS) is 39.3. The molecule has 2 aliphatic heterocycles. The maximum atomic E-state index is 5.45. The van der Waals surface area contributed by atoms with Gasteiger partial charge in [0.1, 0.15) is 0 Å². The molecule has 0 spiro atoms. The van der Waals surface area contributed by atoms with Crippen molar-refractivity contribution in [3.63, 3.8) is 0 Å². The number of hydrogen-bond acceptors (Lipinski definition) is 4. The van der Waals surface area contributed by atoms with Crippen molar-refractivity contribution in [2.45, 2.75) is 16.8 Å². The molecule has 0 saturated carbocycles. The minimum absolute atomic E-state index is 0.225. The van der Waals surface area contributed by atoms with E-state index in [0.29, 0.717) is 0 Å². The van der Waals surface area contributed by atoms with Crippen molar-refractivity contribution in [1.82, 2.24) is 0 Å². The van der Waals surface area contributed by atoms with Gasteiger partial charge in [-0.15, -0.1) is 23.5 Å². The molecule has 2 aliphatic rings. The van der Waals surface area contributed by atoms with Crippen molar-refractivity contribution in [3.8, 4) is 0 Å². The molecule has 0 aromatic heterocycles. The van der Waals surface area contributed by atoms with E-state index in [4.69, 9.17) is 9.78 Å². The molecule has 2 saturated heterocycles. The molecule has 80 valence electrons. The van der Waals surface area contributed by atoms with E-state index in [0.717, 1.165) is 11.5 Å². The Labute approximate surface area is 97.6 Å². The SMILES string of the molecule is C[C@@]12OO[C@]1(c1ccccc1)SCCS2. The minimum Gasteiger partial charge on any atom is -0.213 e. The first-order chi connectivity index (χ1) is 7.27. The van der Waals surface area contributed by atoms with Gasteiger partial charge in [-0.05, 0) is 6.92 Å². The summed E-state index contributed by atoms with van der Waals surface area (Å²) >= 11 is 3.69. The fraction of sp³-hybridized carbons (Fsp3) is 0.455. The van der Waals surface area contributed by atoms with E-state index in [1.807, 2.05) is 41.7 Å². The van der Waals surface area contributed by atoms with Crippen molar-refractivity contribution in [1.29, 1.82) is 0 Å². The summed E-state index contributed by atoms with van der Waals surface area (Å²) < 4.78 is 0. The largest absolute Gasteiger partial charge is 0.215 e. The second kappa shape index (κ2) is 3.42. The van der Waals surface area contributed by atoms with E-state index in [-0.39, 0.29) is 9.87 Å². The number of hydrogen-bond donors (Lipinski definition) is 0. The Hall–Kier alpha value is -0.160. The van der Waals surface area contributed by atoms with Gasteiger partial charge >= 0.3 is 0 Å². The van der Waals surface area contributed by atoms with Crippen molar-refractivity contribution in [2.75, 3.05) is 11.5 Å². The first-order valence-corrected chi connectivity index (χ1v) is 6.94. The summed E-state index contributed by atoms with van der Waals surface area (Å²) in [6, 6.07) is 10.3. The van der Waals surface area contributed by atoms with E-state index < -0.39 is 0 Å². The maximum Gasteiger partial charge on any atom is 0.215 e. The van der Waals surface area contributed by atoms with Crippen LogP contribution < -0.4 is 0 Å². The van der Waals surface area contributed by atoms with Crippen molar-refractivity contribution in [3.05, 3.63) is 35.9 Å². The van der Waals surface area contributed by atoms with Gasteiger partial charge in [-0.3, -0.25) is 0 Å². The second-order valence-electron chi connectivity index (χ2n) is 3.79. The first-order valence-electron chi connectivity index (χ1n) is 4.97. The molecule has 15 heavy (non-hydrogen) atoms. The molecule has 2 nitrogen and oxygen atoms in total. The summed E-state index contributed by atoms with van der Waals surface area (Å²) in [5.41, 5.74) is 1.20. The lowest BCUT2D eigenvalue weighted by Crippen LogP contribution is -2.60. The van der Waals surface area contributed by atoms with Gasteiger partial charge in [-0.25, -0.2) is 9.78 Å². The fourth-order valence-corrected chi connectivity index (χ4v) is 4.78. The van der Waals surface area contributed by atoms with Crippen LogP contribution in [-0.4, -0.2) is 16.4 Å². The zero-order valence-electron chi connectivity index (χ0n) is 8.43. The summed E-state index contributed by atoms with van der Waals surface area (Å²) in [7, 11) is 0. The molecule has 0 aliphatic carbocycles. The fourth-order valence-electron chi connectivity index (χ4n) is 1.98. The predicted molar refractivity (Wildman–Crippen MR) is 63.6 cm³/mol. The molecule has 2 atom stereocenters. The van der Waals surface area contributed by atoms with Crippen LogP contribution in [0.3, 0.4) is 0 Å². The van der Waals surface area contributed by atoms with Gasteiger partial charge in [0.2, 0.25) is 4.93 Å². The Morgan fingerprint density at radius 2 is 1.80 bits per heavy atom. The van der Waals surface area contributed by atoms with E-state index in [2.05, 4.69) is 19.1 Å². The van der Waals surface area contributed by atoms with Crippen molar-refractivity contribution < 1.29 is 9.78 Å². The monoisotopic (exact) mass is 240 g/mol. The summed E-state index contributed by atoms with van der Waals surface area (Å²) in [5.74, 6) is 2.23. The predicted octanol–water partition coefficient (Wildman–Crippen LogP) is 3.00. The lowest BCUT2D eigenvalue weighted by atomic mass is 10.0. The van der Waals surface area contributed by atoms with Crippen LogP contribution in [0.25, 0.3) is 0 Å². The van der Waals surface area contributed by atoms with Gasteiger partial charge in [-0.2, -0.15) is 0 Å². The standard InChI is InChI=1S/C11H12O2S2/c1-10-11(13-12-10,15-8-7-14-10)9-5-3-2-4-6-9/h2-6H,7-8H2,1H3/t10-,11+/m0/s1. The smallest absolute Gasteiger partial charge is 0.213 e. The third-order valence-electron chi connectivity index (χ3n) is 2.84. The molecule has 2 heterocycles. The number of benzene rings is 1. The number of fused-ring (bicyclic) bond motifs is 1. The summed E-state index contributed by atoms with van der Waals surface area (Å²) in [5, 5.41) is 0. The highest BCUT2D eigenvalue weighted by molar-refractivity contribution is 8.07. The Kier molecular flexibility index (Phi) is 2.28. The van der Waals surface area contributed by atoms with Crippen LogP contribution >= 0.6 is 23.5 Å². The van der Waals surface area contributed by atoms with Crippen LogP contribution in [0.4, 0.5) is 0 Å². The Balaban J connectivity index is 2.02. The van der Waals surface area contributed by atoms with E-state index >= 15 is 0 Å². The van der Waals surface area contributed by atoms with Gasteiger partial charge in [0.05, 0.1) is 0 Å². The van der Waals surface area contributed by atoms with Crippen LogP contribution in [0.1, 0.15) is 12.5 Å². The van der Waals surface area contributed by atoms with Crippen molar-refractivity contribution in [2.24, 2.45) is 0 Å². The Bertz CT molecular complexity index is 370. The Morgan fingerprint density at radius 1 is 1.07 bits per heavy atom. The van der Waals surface area contributed by atoms with Crippen LogP contribution in [0, 0.1) is 0 Å². The highest BCUT2D eigenvalue weighted by atomic mass is 32.2. The van der Waals surface area contributed by atoms with E-state index in [9.17, 15) is 0 Å². The molecule has 0 bridgehead atoms. The quantitative estimate of drug-likeness (QED) is 0.702. The second-order valence-corrected chi connectivity index (χ2v) is 6.54. The molecule has 1 aromatic carbocycles. The van der Waals surface area contributed by atoms with Crippen LogP contribution in [0.2, 0.25) is 0 Å². The van der Waals surface area contributed by atoms with E-state index in [1.54, 1.807) is 0 Å². The van der Waals surface area contributed by atoms with E-state index in [1.165, 1.54) is 5.56 Å². The maximum absolute atomic E-state index is 5.45. The highest BCUT2D eigenvalue weighted by Gasteiger charge is 2.65. The lowest BCUT2D eigenvalue weighted by molar-refractivity contribution is -0.497. The van der Waals surface area contributed by atoms with Gasteiger partial charge in [0.25, 0.3) is 0 Å². The minimum atomic E-state index is -0.294. The third kappa shape index (κ3) is 1.29. The van der Waals surface area contributed by atoms with Crippen molar-refractivity contribution >= 4 is 23.5 Å². The summed E-state index contributed by atoms with van der Waals surface area (Å²) in [4.78, 5) is 10.3. The molecular formula is C11H12O2S2. The molecule has 0 unspecified atom stereocenters. The number of rotatable bonds is 1. The molecule has 4 heteroatoms. The molecule has 3 rings (SSSR count). The highest BCUT2D eigenvalue weighted by Crippen LogP contribution is 2.63. The van der Waals surface area contributed by atoms with Crippen LogP contribution in [0.15, 0.2) is 30.3 Å². The third-order valence-corrected chi connectivity index (χ3v) is 6.05. The zero-order chi connectivity index (χ0) is 10.4. The topological polar surface area (TPSA) is 18.5 Å². The number of thioether (sulfide) groups is 2. The summed E-state index contributed by atoms with van der Waals surface area (Å²) in [6.07, 6.45) is 0. The Morgan fingerprint density at radius 3 is 2.40 bits per heavy atom. The lowest BCUT2D eigenvalue weighted by Gasteiger charge is -2.55. The molecule has 0 radical (unpaired) electrons. The molecule has 0 amide bonds. The van der Waals surface area contributed by atoms with Crippen LogP contribution in [0.5, 0.6) is 0 Å². The average Bonchev–Trinajstić information content (AvgIpc) is 2.27. The molecule has 0 N–H and O–H groups in total. The van der Waals surface area contributed by atoms with Crippen LogP contribution in [-0.2, 0) is 14.7 Å². The average molecular weight is 240 g/mol. The van der Waals surface area contributed by atoms with Gasteiger partial charge in [0.15, 0.2) is 4.93 Å². The van der Waals surface area contributed by atoms with Gasteiger partial charge in [-0.1, -0.05) is 30.3 Å². The molecule has 2 fully saturated rings. The summed E-state index contributed by atoms with van der Waals surface area (Å²) in [6.45, 7) is 2.11. The van der Waals surface area contributed by atoms with Gasteiger partial charge < -0.3 is 0 Å². The van der Waals surface area contributed by atoms with Gasteiger partial charge in [0, 0.05) is 17.1 Å². The zero-order valence-corrected chi connectivity index (χ0v) is 10.1.